The zero-order valence-electron chi connectivity index (χ0n) is 19.2. The van der Waals surface area contributed by atoms with Crippen LogP contribution in [0.1, 0.15) is 31.8 Å². The number of benzene rings is 3. The molecular weight excluding hydrogens is 554 g/mol. The van der Waals surface area contributed by atoms with Gasteiger partial charge in [0.25, 0.3) is 5.91 Å². The van der Waals surface area contributed by atoms with Crippen LogP contribution in [0, 0.1) is 13.8 Å². The molecule has 1 amide bonds. The van der Waals surface area contributed by atoms with Gasteiger partial charge in [-0.25, -0.2) is 14.4 Å². The van der Waals surface area contributed by atoms with E-state index in [4.69, 9.17) is 21.1 Å². The number of carboxylic acids is 1. The van der Waals surface area contributed by atoms with E-state index in [-0.39, 0.29) is 21.8 Å². The van der Waals surface area contributed by atoms with Crippen LogP contribution < -0.4 is 5.32 Å². The monoisotopic (exact) mass is 573 g/mol. The van der Waals surface area contributed by atoms with Crippen molar-refractivity contribution in [3.63, 3.8) is 0 Å². The van der Waals surface area contributed by atoms with E-state index in [0.717, 1.165) is 11.1 Å². The highest BCUT2D eigenvalue weighted by Crippen LogP contribution is 2.26. The maximum atomic E-state index is 13.2. The van der Waals surface area contributed by atoms with Gasteiger partial charge in [0.05, 0.1) is 21.8 Å². The first-order chi connectivity index (χ1) is 17.0. The lowest BCUT2D eigenvalue weighted by molar-refractivity contribution is -0.157. The number of aliphatic carboxylic acids is 1. The lowest BCUT2D eigenvalue weighted by atomic mass is 10.1. The molecule has 186 valence electrons. The van der Waals surface area contributed by atoms with E-state index < -0.39 is 36.0 Å². The Morgan fingerprint density at radius 2 is 1.36 bits per heavy atom. The van der Waals surface area contributed by atoms with Crippen LogP contribution in [-0.4, -0.2) is 41.1 Å². The van der Waals surface area contributed by atoms with Gasteiger partial charge in [-0.05, 0) is 56.3 Å². The number of ether oxygens (including phenoxy) is 2. The minimum absolute atomic E-state index is 0.0707. The third kappa shape index (κ3) is 6.93. The summed E-state index contributed by atoms with van der Waals surface area (Å²) in [7, 11) is 0. The molecule has 0 fully saturated rings. The van der Waals surface area contributed by atoms with Crippen LogP contribution in [0.4, 0.5) is 5.69 Å². The molecule has 3 aromatic rings. The fourth-order valence-corrected chi connectivity index (χ4v) is 3.92. The smallest absolute Gasteiger partial charge is 0.349 e. The molecule has 0 heterocycles. The molecular formula is C26H21BrClNO7. The Hall–Kier alpha value is -3.69. The van der Waals surface area contributed by atoms with Gasteiger partial charge in [-0.1, -0.05) is 62.9 Å². The van der Waals surface area contributed by atoms with E-state index in [1.807, 2.05) is 0 Å². The quantitative estimate of drug-likeness (QED) is 0.355. The lowest BCUT2D eigenvalue weighted by Crippen LogP contribution is -2.48. The summed E-state index contributed by atoms with van der Waals surface area (Å²) in [6.45, 7) is 3.49. The molecule has 0 bridgehead atoms. The molecule has 2 atom stereocenters. The number of halogens is 2. The number of amides is 1. The summed E-state index contributed by atoms with van der Waals surface area (Å²) in [4.78, 5) is 50.9. The fourth-order valence-electron chi connectivity index (χ4n) is 3.20. The van der Waals surface area contributed by atoms with E-state index in [0.29, 0.717) is 4.47 Å². The molecule has 0 spiro atoms. The third-order valence-corrected chi connectivity index (χ3v) is 5.75. The fraction of sp³-hybridized carbons (Fsp3) is 0.154. The number of rotatable bonds is 8. The van der Waals surface area contributed by atoms with Crippen molar-refractivity contribution in [1.82, 2.24) is 0 Å². The van der Waals surface area contributed by atoms with Crippen molar-refractivity contribution in [3.05, 3.63) is 98.5 Å². The van der Waals surface area contributed by atoms with E-state index in [1.54, 1.807) is 44.2 Å². The lowest BCUT2D eigenvalue weighted by Gasteiger charge is -2.24. The normalized spacial score (nSPS) is 12.2. The van der Waals surface area contributed by atoms with Crippen LogP contribution in [0.15, 0.2) is 71.2 Å². The standard InChI is InChI=1S/C26H21BrClNO7/c1-14-5-3-7-16(11-14)25(33)35-21(23(30)29-20-10-9-18(27)13-19(20)28)22(24(31)32)36-26(34)17-8-4-6-15(2)12-17/h3-13,21-22H,1-2H3,(H,29,30)(H,31,32)/t21-,22-/m1/s1. The van der Waals surface area contributed by atoms with Crippen molar-refractivity contribution in [2.75, 3.05) is 5.32 Å². The van der Waals surface area contributed by atoms with Crippen LogP contribution >= 0.6 is 27.5 Å². The van der Waals surface area contributed by atoms with Crippen molar-refractivity contribution in [2.45, 2.75) is 26.1 Å². The van der Waals surface area contributed by atoms with Crippen molar-refractivity contribution in [3.8, 4) is 0 Å². The highest BCUT2D eigenvalue weighted by molar-refractivity contribution is 9.10. The molecule has 0 aliphatic carbocycles. The van der Waals surface area contributed by atoms with Gasteiger partial charge in [0.15, 0.2) is 0 Å². The molecule has 10 heteroatoms. The number of esters is 2. The number of hydrogen-bond acceptors (Lipinski definition) is 6. The Bertz CT molecular complexity index is 1330. The van der Waals surface area contributed by atoms with Gasteiger partial charge in [0, 0.05) is 4.47 Å². The van der Waals surface area contributed by atoms with Gasteiger partial charge in [-0.15, -0.1) is 0 Å². The Morgan fingerprint density at radius 1 is 0.833 bits per heavy atom. The number of nitrogens with one attached hydrogen (secondary N) is 1. The van der Waals surface area contributed by atoms with E-state index in [9.17, 15) is 24.3 Å². The van der Waals surface area contributed by atoms with Gasteiger partial charge in [0.2, 0.25) is 12.2 Å². The number of anilines is 1. The molecule has 3 aromatic carbocycles. The van der Waals surface area contributed by atoms with E-state index in [1.165, 1.54) is 36.4 Å². The van der Waals surface area contributed by atoms with Crippen LogP contribution in [-0.2, 0) is 19.1 Å². The first kappa shape index (κ1) is 26.9. The third-order valence-electron chi connectivity index (χ3n) is 4.94. The first-order valence-electron chi connectivity index (χ1n) is 10.6. The summed E-state index contributed by atoms with van der Waals surface area (Å²) >= 11 is 9.42. The number of carboxylic acid groups (broad SMARTS) is 1. The van der Waals surface area contributed by atoms with Crippen molar-refractivity contribution < 1.29 is 33.8 Å². The largest absolute Gasteiger partial charge is 0.478 e. The van der Waals surface area contributed by atoms with Gasteiger partial charge < -0.3 is 19.9 Å². The highest BCUT2D eigenvalue weighted by Gasteiger charge is 2.41. The predicted octanol–water partition coefficient (Wildman–Crippen LogP) is 5.19. The average molecular weight is 575 g/mol. The minimum Gasteiger partial charge on any atom is -0.478 e. The number of carbonyl (C=O) groups excluding carboxylic acids is 3. The Labute approximate surface area is 220 Å². The Kier molecular flexibility index (Phi) is 8.84. The first-order valence-corrected chi connectivity index (χ1v) is 11.8. The topological polar surface area (TPSA) is 119 Å². The maximum absolute atomic E-state index is 13.2. The Morgan fingerprint density at radius 3 is 1.83 bits per heavy atom. The molecule has 0 radical (unpaired) electrons. The summed E-state index contributed by atoms with van der Waals surface area (Å²) in [5, 5.41) is 12.4. The number of carbonyl (C=O) groups is 4. The molecule has 0 unspecified atom stereocenters. The Balaban J connectivity index is 1.94. The second kappa shape index (κ2) is 11.8. The second-order valence-electron chi connectivity index (χ2n) is 7.84. The summed E-state index contributed by atoms with van der Waals surface area (Å²) in [6, 6.07) is 17.2. The number of hydrogen-bond donors (Lipinski definition) is 2. The van der Waals surface area contributed by atoms with Crippen molar-refractivity contribution >= 4 is 57.0 Å². The van der Waals surface area contributed by atoms with E-state index >= 15 is 0 Å². The van der Waals surface area contributed by atoms with Crippen molar-refractivity contribution in [1.29, 1.82) is 0 Å². The summed E-state index contributed by atoms with van der Waals surface area (Å²) in [6.07, 6.45) is -4.19. The van der Waals surface area contributed by atoms with Crippen LogP contribution in [0.3, 0.4) is 0 Å². The highest BCUT2D eigenvalue weighted by atomic mass is 79.9. The van der Waals surface area contributed by atoms with Gasteiger partial charge in [-0.3, -0.25) is 4.79 Å². The summed E-state index contributed by atoms with van der Waals surface area (Å²) in [5.74, 6) is -4.71. The van der Waals surface area contributed by atoms with Gasteiger partial charge in [-0.2, -0.15) is 0 Å². The maximum Gasteiger partial charge on any atom is 0.349 e. The molecule has 36 heavy (non-hydrogen) atoms. The van der Waals surface area contributed by atoms with Crippen molar-refractivity contribution in [2.24, 2.45) is 0 Å². The van der Waals surface area contributed by atoms with E-state index in [2.05, 4.69) is 21.2 Å². The molecule has 0 saturated heterocycles. The molecule has 0 aliphatic rings. The predicted molar refractivity (Wildman–Crippen MR) is 136 cm³/mol. The molecule has 0 aromatic heterocycles. The molecule has 0 saturated carbocycles. The van der Waals surface area contributed by atoms with Crippen LogP contribution in [0.2, 0.25) is 5.02 Å². The molecule has 8 nitrogen and oxygen atoms in total. The average Bonchev–Trinajstić information content (AvgIpc) is 2.82. The zero-order valence-corrected chi connectivity index (χ0v) is 21.5. The van der Waals surface area contributed by atoms with Crippen LogP contribution in [0.5, 0.6) is 0 Å². The molecule has 0 aliphatic heterocycles. The second-order valence-corrected chi connectivity index (χ2v) is 9.17. The minimum atomic E-state index is -2.15. The number of aryl methyl sites for hydroxylation is 2. The van der Waals surface area contributed by atoms with Crippen LogP contribution in [0.25, 0.3) is 0 Å². The molecule has 3 rings (SSSR count). The van der Waals surface area contributed by atoms with Gasteiger partial charge >= 0.3 is 17.9 Å². The van der Waals surface area contributed by atoms with Gasteiger partial charge in [0.1, 0.15) is 0 Å². The SMILES string of the molecule is Cc1cccc(C(=O)O[C@@H](C(=O)O)[C@@H](OC(=O)c2cccc(C)c2)C(=O)Nc2ccc(Br)cc2Cl)c1. The summed E-state index contributed by atoms with van der Waals surface area (Å²) < 4.78 is 11.1. The molecule has 2 N–H and O–H groups in total. The summed E-state index contributed by atoms with van der Waals surface area (Å²) in [5.41, 5.74) is 1.77. The zero-order chi connectivity index (χ0) is 26.4.